The lowest BCUT2D eigenvalue weighted by Gasteiger charge is -2.24. The summed E-state index contributed by atoms with van der Waals surface area (Å²) in [5, 5.41) is 22.1. The molecule has 0 spiro atoms. The molecule has 17 heavy (non-hydrogen) atoms. The maximum atomic E-state index is 10.1. The minimum Gasteiger partial charge on any atom is -0.387 e. The summed E-state index contributed by atoms with van der Waals surface area (Å²) in [6.45, 7) is 0. The fourth-order valence-electron chi connectivity index (χ4n) is 2.87. The van der Waals surface area contributed by atoms with Crippen LogP contribution in [0.3, 0.4) is 0 Å². The van der Waals surface area contributed by atoms with Crippen LogP contribution in [0.2, 0.25) is 0 Å². The third-order valence-electron chi connectivity index (χ3n) is 3.79. The van der Waals surface area contributed by atoms with Gasteiger partial charge in [0, 0.05) is 0 Å². The number of ether oxygens (including phenoxy) is 1. The molecule has 4 atom stereocenters. The van der Waals surface area contributed by atoms with Gasteiger partial charge in [0.2, 0.25) is 0 Å². The van der Waals surface area contributed by atoms with Gasteiger partial charge in [0.25, 0.3) is 0 Å². The minimum absolute atomic E-state index is 0.0468. The standard InChI is InChI=1S/C14H12O3/c15-11-9-6-5-7-3-1-2-4-8(7)10(9)13-14(17-13)12(11)16/h1-6,11-16H/t11-,12-,13-,14+/m1/s1. The molecular weight excluding hydrogens is 216 g/mol. The summed E-state index contributed by atoms with van der Waals surface area (Å²) in [6, 6.07) is 11.9. The first-order valence-corrected chi connectivity index (χ1v) is 5.80. The van der Waals surface area contributed by atoms with E-state index in [-0.39, 0.29) is 12.2 Å². The highest BCUT2D eigenvalue weighted by Crippen LogP contribution is 2.52. The molecular formula is C14H12O3. The van der Waals surface area contributed by atoms with E-state index in [2.05, 4.69) is 0 Å². The van der Waals surface area contributed by atoms with Crippen LogP contribution in [0.1, 0.15) is 23.3 Å². The quantitative estimate of drug-likeness (QED) is 0.675. The summed E-state index contributed by atoms with van der Waals surface area (Å²) >= 11 is 0. The molecule has 1 aliphatic heterocycles. The summed E-state index contributed by atoms with van der Waals surface area (Å²) in [5.41, 5.74) is 1.85. The minimum atomic E-state index is -0.835. The monoisotopic (exact) mass is 228 g/mol. The van der Waals surface area contributed by atoms with Crippen LogP contribution in [-0.4, -0.2) is 22.4 Å². The highest BCUT2D eigenvalue weighted by atomic mass is 16.6. The fourth-order valence-corrected chi connectivity index (χ4v) is 2.87. The van der Waals surface area contributed by atoms with Crippen molar-refractivity contribution in [1.29, 1.82) is 0 Å². The van der Waals surface area contributed by atoms with Gasteiger partial charge >= 0.3 is 0 Å². The maximum Gasteiger partial charge on any atom is 0.118 e. The van der Waals surface area contributed by atoms with Gasteiger partial charge in [0.15, 0.2) is 0 Å². The Morgan fingerprint density at radius 2 is 1.82 bits per heavy atom. The molecule has 1 aliphatic carbocycles. The molecule has 1 heterocycles. The molecule has 3 heteroatoms. The van der Waals surface area contributed by atoms with Gasteiger partial charge in [-0.15, -0.1) is 0 Å². The van der Waals surface area contributed by atoms with Gasteiger partial charge in [0.1, 0.15) is 24.4 Å². The van der Waals surface area contributed by atoms with E-state index >= 15 is 0 Å². The topological polar surface area (TPSA) is 53.0 Å². The Balaban J connectivity index is 2.05. The summed E-state index contributed by atoms with van der Waals surface area (Å²) in [7, 11) is 0. The van der Waals surface area contributed by atoms with Crippen LogP contribution >= 0.6 is 0 Å². The first-order valence-electron chi connectivity index (χ1n) is 5.80. The molecule has 1 saturated heterocycles. The number of fused-ring (bicyclic) bond motifs is 5. The highest BCUT2D eigenvalue weighted by Gasteiger charge is 2.54. The molecule has 0 unspecified atom stereocenters. The first kappa shape index (κ1) is 9.59. The van der Waals surface area contributed by atoms with Gasteiger partial charge in [-0.1, -0.05) is 36.4 Å². The Kier molecular flexibility index (Phi) is 1.73. The third kappa shape index (κ3) is 1.16. The Labute approximate surface area is 98.3 Å². The molecule has 0 bridgehead atoms. The van der Waals surface area contributed by atoms with Crippen LogP contribution in [0, 0.1) is 0 Å². The number of aliphatic hydroxyl groups excluding tert-OH is 2. The third-order valence-corrected chi connectivity index (χ3v) is 3.79. The van der Waals surface area contributed by atoms with Gasteiger partial charge in [-0.05, 0) is 21.9 Å². The van der Waals surface area contributed by atoms with Gasteiger partial charge in [-0.2, -0.15) is 0 Å². The molecule has 2 aromatic carbocycles. The van der Waals surface area contributed by atoms with Crippen molar-refractivity contribution < 1.29 is 14.9 Å². The van der Waals surface area contributed by atoms with Crippen molar-refractivity contribution in [1.82, 2.24) is 0 Å². The number of rotatable bonds is 0. The van der Waals surface area contributed by atoms with Crippen molar-refractivity contribution in [2.45, 2.75) is 24.4 Å². The molecule has 0 radical (unpaired) electrons. The maximum absolute atomic E-state index is 10.1. The molecule has 1 fully saturated rings. The van der Waals surface area contributed by atoms with Crippen LogP contribution in [0.15, 0.2) is 36.4 Å². The molecule has 86 valence electrons. The zero-order chi connectivity index (χ0) is 11.6. The van der Waals surface area contributed by atoms with E-state index < -0.39 is 12.2 Å². The number of hydrogen-bond donors (Lipinski definition) is 2. The summed E-state index contributed by atoms with van der Waals surface area (Å²) < 4.78 is 5.49. The van der Waals surface area contributed by atoms with Crippen molar-refractivity contribution in [3.8, 4) is 0 Å². The SMILES string of the molecule is O[C@H]1[C@@H]2O[C@@H]2c2c(ccc3ccccc23)[C@H]1O. The average Bonchev–Trinajstić information content (AvgIpc) is 3.15. The van der Waals surface area contributed by atoms with Gasteiger partial charge in [-0.3, -0.25) is 0 Å². The average molecular weight is 228 g/mol. The summed E-state index contributed by atoms with van der Waals surface area (Å²) in [4.78, 5) is 0. The number of benzene rings is 2. The van der Waals surface area contributed by atoms with E-state index in [1.54, 1.807) is 0 Å². The van der Waals surface area contributed by atoms with E-state index in [9.17, 15) is 10.2 Å². The van der Waals surface area contributed by atoms with Gasteiger partial charge < -0.3 is 14.9 Å². The largest absolute Gasteiger partial charge is 0.387 e. The lowest BCUT2D eigenvalue weighted by atomic mass is 9.84. The predicted molar refractivity (Wildman–Crippen MR) is 62.5 cm³/mol. The Hall–Kier alpha value is -1.42. The van der Waals surface area contributed by atoms with Crippen molar-refractivity contribution in [2.75, 3.05) is 0 Å². The lowest BCUT2D eigenvalue weighted by Crippen LogP contribution is -2.29. The highest BCUT2D eigenvalue weighted by molar-refractivity contribution is 5.88. The number of epoxide rings is 1. The number of hydrogen-bond acceptors (Lipinski definition) is 3. The summed E-state index contributed by atoms with van der Waals surface area (Å²) in [5.74, 6) is 0. The van der Waals surface area contributed by atoms with Gasteiger partial charge in [0.05, 0.1) is 0 Å². The first-order chi connectivity index (χ1) is 8.27. The van der Waals surface area contributed by atoms with Crippen LogP contribution < -0.4 is 0 Å². The van der Waals surface area contributed by atoms with Crippen molar-refractivity contribution in [2.24, 2.45) is 0 Å². The molecule has 2 aromatic rings. The second kappa shape index (κ2) is 3.07. The fraction of sp³-hybridized carbons (Fsp3) is 0.286. The predicted octanol–water partition coefficient (Wildman–Crippen LogP) is 1.69. The van der Waals surface area contributed by atoms with E-state index in [4.69, 9.17) is 4.74 Å². The van der Waals surface area contributed by atoms with Crippen molar-refractivity contribution >= 4 is 10.8 Å². The molecule has 0 aromatic heterocycles. The van der Waals surface area contributed by atoms with Crippen LogP contribution in [0.4, 0.5) is 0 Å². The van der Waals surface area contributed by atoms with E-state index in [0.29, 0.717) is 0 Å². The van der Waals surface area contributed by atoms with Crippen LogP contribution in [-0.2, 0) is 4.74 Å². The van der Waals surface area contributed by atoms with E-state index in [1.807, 2.05) is 36.4 Å². The Morgan fingerprint density at radius 1 is 1.00 bits per heavy atom. The van der Waals surface area contributed by atoms with Crippen LogP contribution in [0.5, 0.6) is 0 Å². The smallest absolute Gasteiger partial charge is 0.118 e. The normalized spacial score (nSPS) is 34.2. The van der Waals surface area contributed by atoms with Gasteiger partial charge in [-0.25, -0.2) is 0 Å². The zero-order valence-corrected chi connectivity index (χ0v) is 9.08. The second-order valence-corrected chi connectivity index (χ2v) is 4.75. The summed E-state index contributed by atoms with van der Waals surface area (Å²) in [6.07, 6.45) is -1.91. The molecule has 3 nitrogen and oxygen atoms in total. The second-order valence-electron chi connectivity index (χ2n) is 4.75. The van der Waals surface area contributed by atoms with E-state index in [1.165, 1.54) is 0 Å². The molecule has 2 N–H and O–H groups in total. The zero-order valence-electron chi connectivity index (χ0n) is 9.08. The Bertz CT molecular complexity index is 607. The molecule has 0 amide bonds. The number of aliphatic hydroxyl groups is 2. The Morgan fingerprint density at radius 3 is 2.71 bits per heavy atom. The van der Waals surface area contributed by atoms with E-state index in [0.717, 1.165) is 21.9 Å². The molecule has 4 rings (SSSR count). The lowest BCUT2D eigenvalue weighted by molar-refractivity contribution is 0.000105. The molecule has 2 aliphatic rings. The van der Waals surface area contributed by atoms with Crippen molar-refractivity contribution in [3.63, 3.8) is 0 Å². The van der Waals surface area contributed by atoms with Crippen molar-refractivity contribution in [3.05, 3.63) is 47.5 Å². The molecule has 0 saturated carbocycles. The van der Waals surface area contributed by atoms with Crippen LogP contribution in [0.25, 0.3) is 10.8 Å².